The summed E-state index contributed by atoms with van der Waals surface area (Å²) in [6, 6.07) is 0. The lowest BCUT2D eigenvalue weighted by Gasteiger charge is -2.16. The predicted molar refractivity (Wildman–Crippen MR) is 50.9 cm³/mol. The van der Waals surface area contributed by atoms with Crippen LogP contribution >= 0.6 is 11.6 Å². The molecular weight excluding hydrogens is 156 g/mol. The summed E-state index contributed by atoms with van der Waals surface area (Å²) < 4.78 is 0. The van der Waals surface area contributed by atoms with Gasteiger partial charge in [0, 0.05) is 11.3 Å². The average Bonchev–Trinajstić information content (AvgIpc) is 2.07. The summed E-state index contributed by atoms with van der Waals surface area (Å²) in [4.78, 5) is 0. The zero-order valence-corrected chi connectivity index (χ0v) is 7.72. The third-order valence-corrected chi connectivity index (χ3v) is 2.48. The molecule has 0 aromatic rings. The molecule has 0 radical (unpaired) electrons. The first-order valence-corrected chi connectivity index (χ1v) is 4.75. The van der Waals surface area contributed by atoms with Gasteiger partial charge in [-0.05, 0) is 12.8 Å². The van der Waals surface area contributed by atoms with Gasteiger partial charge in [-0.2, -0.15) is 0 Å². The van der Waals surface area contributed by atoms with Gasteiger partial charge < -0.3 is 0 Å². The van der Waals surface area contributed by atoms with Crippen LogP contribution in [-0.4, -0.2) is 5.38 Å². The number of rotatable bonds is 3. The third-order valence-electron chi connectivity index (χ3n) is 1.97. The highest BCUT2D eigenvalue weighted by Gasteiger charge is 2.13. The topological polar surface area (TPSA) is 0 Å². The number of hydrogen-bond donors (Lipinski definition) is 0. The molecule has 0 aromatic carbocycles. The number of allylic oxidation sites excluding steroid dienone is 4. The van der Waals surface area contributed by atoms with E-state index in [1.165, 1.54) is 6.42 Å². The van der Waals surface area contributed by atoms with Gasteiger partial charge in [-0.1, -0.05) is 37.6 Å². The van der Waals surface area contributed by atoms with Crippen molar-refractivity contribution in [2.75, 3.05) is 0 Å². The van der Waals surface area contributed by atoms with Crippen molar-refractivity contribution in [3.63, 3.8) is 0 Å². The summed E-state index contributed by atoms with van der Waals surface area (Å²) in [5.41, 5.74) is 0. The monoisotopic (exact) mass is 170 g/mol. The second-order valence-corrected chi connectivity index (χ2v) is 3.53. The highest BCUT2D eigenvalue weighted by Crippen LogP contribution is 2.21. The first-order chi connectivity index (χ1) is 5.34. The summed E-state index contributed by atoms with van der Waals surface area (Å²) in [5.74, 6) is 0.477. The van der Waals surface area contributed by atoms with E-state index in [9.17, 15) is 0 Å². The summed E-state index contributed by atoms with van der Waals surface area (Å²) in [7, 11) is 0. The Hall–Kier alpha value is -0.230. The molecule has 1 aliphatic carbocycles. The molecule has 0 bridgehead atoms. The molecule has 0 aliphatic heterocycles. The van der Waals surface area contributed by atoms with Crippen molar-refractivity contribution in [3.05, 3.63) is 24.3 Å². The van der Waals surface area contributed by atoms with Gasteiger partial charge in [0.05, 0.1) is 0 Å². The Bertz CT molecular complexity index is 146. The molecule has 1 unspecified atom stereocenters. The lowest BCUT2D eigenvalue weighted by molar-refractivity contribution is 0.646. The van der Waals surface area contributed by atoms with Gasteiger partial charge in [0.25, 0.3) is 0 Å². The van der Waals surface area contributed by atoms with Crippen molar-refractivity contribution in [3.8, 4) is 0 Å². The highest BCUT2D eigenvalue weighted by molar-refractivity contribution is 6.21. The van der Waals surface area contributed by atoms with Crippen LogP contribution in [0.25, 0.3) is 0 Å². The van der Waals surface area contributed by atoms with Gasteiger partial charge in [0.2, 0.25) is 0 Å². The minimum absolute atomic E-state index is 0.299. The van der Waals surface area contributed by atoms with Gasteiger partial charge in [0.15, 0.2) is 0 Å². The quantitative estimate of drug-likeness (QED) is 0.449. The largest absolute Gasteiger partial charge is 0.122 e. The number of halogens is 1. The van der Waals surface area contributed by atoms with Gasteiger partial charge in [-0.3, -0.25) is 0 Å². The molecule has 11 heavy (non-hydrogen) atoms. The zero-order chi connectivity index (χ0) is 8.10. The van der Waals surface area contributed by atoms with E-state index in [1.807, 2.05) is 0 Å². The molecular formula is C10H15Cl. The van der Waals surface area contributed by atoms with Gasteiger partial charge in [-0.15, -0.1) is 11.6 Å². The van der Waals surface area contributed by atoms with Crippen LogP contribution in [0, 0.1) is 5.92 Å². The summed E-state index contributed by atoms with van der Waals surface area (Å²) in [6.07, 6.45) is 12.2. The molecule has 0 heterocycles. The van der Waals surface area contributed by atoms with Crippen LogP contribution in [0.15, 0.2) is 24.3 Å². The second-order valence-electron chi connectivity index (χ2n) is 2.97. The van der Waals surface area contributed by atoms with Crippen LogP contribution in [0.4, 0.5) is 0 Å². The standard InChI is InChI=1S/C10H15Cl/c1-2-6-10(11)9-7-4-3-5-8-9/h4-5,7-10H,2-3,6H2,1H3. The van der Waals surface area contributed by atoms with E-state index >= 15 is 0 Å². The molecule has 1 atom stereocenters. The molecule has 0 spiro atoms. The van der Waals surface area contributed by atoms with E-state index in [0.717, 1.165) is 12.8 Å². The molecule has 0 nitrogen and oxygen atoms in total. The van der Waals surface area contributed by atoms with Gasteiger partial charge in [0.1, 0.15) is 0 Å². The Kier molecular flexibility index (Phi) is 3.71. The average molecular weight is 171 g/mol. The summed E-state index contributed by atoms with van der Waals surface area (Å²) in [5, 5.41) is 0.299. The van der Waals surface area contributed by atoms with Crippen LogP contribution in [0.1, 0.15) is 26.2 Å². The Morgan fingerprint density at radius 3 is 2.64 bits per heavy atom. The van der Waals surface area contributed by atoms with Gasteiger partial charge >= 0.3 is 0 Å². The first-order valence-electron chi connectivity index (χ1n) is 4.32. The number of hydrogen-bond acceptors (Lipinski definition) is 0. The van der Waals surface area contributed by atoms with E-state index in [0.29, 0.717) is 11.3 Å². The fourth-order valence-electron chi connectivity index (χ4n) is 1.32. The Balaban J connectivity index is 2.39. The van der Waals surface area contributed by atoms with Crippen molar-refractivity contribution < 1.29 is 0 Å². The fraction of sp³-hybridized carbons (Fsp3) is 0.600. The SMILES string of the molecule is CCCC(Cl)C1C=CCC=C1. The van der Waals surface area contributed by atoms with E-state index < -0.39 is 0 Å². The Morgan fingerprint density at radius 2 is 2.09 bits per heavy atom. The maximum Gasteiger partial charge on any atom is 0.0433 e. The minimum atomic E-state index is 0.299. The van der Waals surface area contributed by atoms with Crippen LogP contribution in [0.2, 0.25) is 0 Å². The molecule has 0 fully saturated rings. The third kappa shape index (κ3) is 2.70. The normalized spacial score (nSPS) is 20.5. The fourth-order valence-corrected chi connectivity index (χ4v) is 1.71. The minimum Gasteiger partial charge on any atom is -0.122 e. The van der Waals surface area contributed by atoms with E-state index in [-0.39, 0.29) is 0 Å². The van der Waals surface area contributed by atoms with Crippen LogP contribution in [-0.2, 0) is 0 Å². The molecule has 0 N–H and O–H groups in total. The van der Waals surface area contributed by atoms with E-state index in [4.69, 9.17) is 11.6 Å². The lowest BCUT2D eigenvalue weighted by atomic mass is 9.97. The van der Waals surface area contributed by atoms with Crippen molar-refractivity contribution in [1.29, 1.82) is 0 Å². The van der Waals surface area contributed by atoms with Crippen molar-refractivity contribution in [1.82, 2.24) is 0 Å². The molecule has 1 heteroatoms. The molecule has 0 aromatic heterocycles. The van der Waals surface area contributed by atoms with Crippen molar-refractivity contribution in [2.45, 2.75) is 31.6 Å². The lowest BCUT2D eigenvalue weighted by Crippen LogP contribution is -2.10. The maximum absolute atomic E-state index is 6.16. The smallest absolute Gasteiger partial charge is 0.0433 e. The molecule has 0 amide bonds. The van der Waals surface area contributed by atoms with Crippen LogP contribution in [0.5, 0.6) is 0 Å². The van der Waals surface area contributed by atoms with Crippen LogP contribution in [0.3, 0.4) is 0 Å². The molecule has 62 valence electrons. The van der Waals surface area contributed by atoms with Crippen LogP contribution < -0.4 is 0 Å². The number of alkyl halides is 1. The Morgan fingerprint density at radius 1 is 1.45 bits per heavy atom. The Labute approximate surface area is 73.9 Å². The molecule has 1 aliphatic rings. The second kappa shape index (κ2) is 4.61. The first kappa shape index (κ1) is 8.86. The van der Waals surface area contributed by atoms with E-state index in [1.54, 1.807) is 0 Å². The molecule has 0 saturated heterocycles. The van der Waals surface area contributed by atoms with E-state index in [2.05, 4.69) is 31.2 Å². The van der Waals surface area contributed by atoms with Crippen molar-refractivity contribution in [2.24, 2.45) is 5.92 Å². The van der Waals surface area contributed by atoms with Gasteiger partial charge in [-0.25, -0.2) is 0 Å². The zero-order valence-electron chi connectivity index (χ0n) is 6.96. The predicted octanol–water partition coefficient (Wildman–Crippen LogP) is 3.53. The van der Waals surface area contributed by atoms with Crippen molar-refractivity contribution >= 4 is 11.6 Å². The highest BCUT2D eigenvalue weighted by atomic mass is 35.5. The summed E-state index contributed by atoms with van der Waals surface area (Å²) in [6.45, 7) is 2.17. The maximum atomic E-state index is 6.16. The summed E-state index contributed by atoms with van der Waals surface area (Å²) >= 11 is 6.16. The molecule has 0 saturated carbocycles. The molecule has 1 rings (SSSR count).